The molecule has 0 aliphatic carbocycles. The van der Waals surface area contributed by atoms with Gasteiger partial charge in [-0.1, -0.05) is 13.8 Å². The molecular formula is C13H24N2O2. The predicted octanol–water partition coefficient (Wildman–Crippen LogP) is 1.36. The smallest absolute Gasteiger partial charge is 0.241 e. The van der Waals surface area contributed by atoms with Gasteiger partial charge in [0.05, 0.1) is 12.2 Å². The van der Waals surface area contributed by atoms with Crippen LogP contribution in [-0.4, -0.2) is 42.8 Å². The van der Waals surface area contributed by atoms with E-state index in [1.165, 1.54) is 0 Å². The Kier molecular flexibility index (Phi) is 4.40. The van der Waals surface area contributed by atoms with Crippen LogP contribution in [0.1, 0.15) is 39.5 Å². The summed E-state index contributed by atoms with van der Waals surface area (Å²) >= 11 is 0. The van der Waals surface area contributed by atoms with Crippen molar-refractivity contribution in [3.63, 3.8) is 0 Å². The van der Waals surface area contributed by atoms with E-state index in [0.29, 0.717) is 11.8 Å². The fourth-order valence-electron chi connectivity index (χ4n) is 2.80. The summed E-state index contributed by atoms with van der Waals surface area (Å²) < 4.78 is 5.37. The third kappa shape index (κ3) is 2.80. The SMILES string of the molecule is CCC1NC(CC)N(CC2CCOCC2)C1=O. The van der Waals surface area contributed by atoms with Gasteiger partial charge in [0.15, 0.2) is 0 Å². The fraction of sp³-hybridized carbons (Fsp3) is 0.923. The Bertz CT molecular complexity index is 264. The van der Waals surface area contributed by atoms with Crippen molar-refractivity contribution in [3.05, 3.63) is 0 Å². The van der Waals surface area contributed by atoms with E-state index in [9.17, 15) is 4.79 Å². The first kappa shape index (κ1) is 12.8. The Hall–Kier alpha value is -0.610. The zero-order valence-corrected chi connectivity index (χ0v) is 10.9. The molecule has 17 heavy (non-hydrogen) atoms. The molecule has 2 atom stereocenters. The standard InChI is InChI=1S/C13H24N2O2/c1-3-11-13(16)15(12(4-2)14-11)9-10-5-7-17-8-6-10/h10-12,14H,3-9H2,1-2H3. The van der Waals surface area contributed by atoms with Gasteiger partial charge in [0, 0.05) is 19.8 Å². The topological polar surface area (TPSA) is 41.6 Å². The fourth-order valence-corrected chi connectivity index (χ4v) is 2.80. The zero-order chi connectivity index (χ0) is 12.3. The number of nitrogens with zero attached hydrogens (tertiary/aromatic N) is 1. The molecule has 0 radical (unpaired) electrons. The molecule has 4 nitrogen and oxygen atoms in total. The van der Waals surface area contributed by atoms with Crippen molar-refractivity contribution in [1.82, 2.24) is 10.2 Å². The molecule has 0 spiro atoms. The molecule has 4 heteroatoms. The van der Waals surface area contributed by atoms with Gasteiger partial charge >= 0.3 is 0 Å². The maximum atomic E-state index is 12.2. The van der Waals surface area contributed by atoms with Gasteiger partial charge in [-0.3, -0.25) is 10.1 Å². The van der Waals surface area contributed by atoms with Gasteiger partial charge in [-0.25, -0.2) is 0 Å². The molecule has 0 bridgehead atoms. The molecule has 2 unspecified atom stereocenters. The van der Waals surface area contributed by atoms with Crippen molar-refractivity contribution in [2.45, 2.75) is 51.7 Å². The first-order chi connectivity index (χ1) is 8.26. The van der Waals surface area contributed by atoms with E-state index in [2.05, 4.69) is 24.1 Å². The number of rotatable bonds is 4. The molecular weight excluding hydrogens is 216 g/mol. The molecule has 2 aliphatic rings. The molecule has 0 aromatic rings. The summed E-state index contributed by atoms with van der Waals surface area (Å²) in [6.45, 7) is 6.83. The molecule has 0 aromatic carbocycles. The van der Waals surface area contributed by atoms with Gasteiger partial charge in [0.2, 0.25) is 5.91 Å². The van der Waals surface area contributed by atoms with Crippen LogP contribution < -0.4 is 5.32 Å². The molecule has 2 saturated heterocycles. The minimum absolute atomic E-state index is 0.0415. The Morgan fingerprint density at radius 2 is 2.00 bits per heavy atom. The summed E-state index contributed by atoms with van der Waals surface area (Å²) in [6.07, 6.45) is 4.31. The van der Waals surface area contributed by atoms with Crippen LogP contribution in [-0.2, 0) is 9.53 Å². The van der Waals surface area contributed by atoms with Crippen LogP contribution in [0.5, 0.6) is 0 Å². The first-order valence-corrected chi connectivity index (χ1v) is 6.90. The van der Waals surface area contributed by atoms with Crippen LogP contribution >= 0.6 is 0 Å². The summed E-state index contributed by atoms with van der Waals surface area (Å²) in [5, 5.41) is 3.42. The Morgan fingerprint density at radius 3 is 2.59 bits per heavy atom. The highest BCUT2D eigenvalue weighted by atomic mass is 16.5. The second kappa shape index (κ2) is 5.83. The molecule has 2 rings (SSSR count). The molecule has 98 valence electrons. The molecule has 2 aliphatic heterocycles. The third-order valence-corrected chi connectivity index (χ3v) is 3.94. The van der Waals surface area contributed by atoms with Crippen molar-refractivity contribution >= 4 is 5.91 Å². The van der Waals surface area contributed by atoms with Crippen molar-refractivity contribution in [2.75, 3.05) is 19.8 Å². The van der Waals surface area contributed by atoms with E-state index in [4.69, 9.17) is 4.74 Å². The number of carbonyl (C=O) groups excluding carboxylic acids is 1. The van der Waals surface area contributed by atoms with Crippen LogP contribution in [0.3, 0.4) is 0 Å². The molecule has 2 fully saturated rings. The highest BCUT2D eigenvalue weighted by Gasteiger charge is 2.37. The van der Waals surface area contributed by atoms with Crippen LogP contribution in [0.15, 0.2) is 0 Å². The van der Waals surface area contributed by atoms with Crippen molar-refractivity contribution in [3.8, 4) is 0 Å². The van der Waals surface area contributed by atoms with Crippen molar-refractivity contribution in [1.29, 1.82) is 0 Å². The lowest BCUT2D eigenvalue weighted by molar-refractivity contribution is -0.131. The quantitative estimate of drug-likeness (QED) is 0.806. The lowest BCUT2D eigenvalue weighted by atomic mass is 9.99. The van der Waals surface area contributed by atoms with Gasteiger partial charge in [-0.05, 0) is 31.6 Å². The van der Waals surface area contributed by atoms with Gasteiger partial charge in [0.1, 0.15) is 0 Å². The summed E-state index contributed by atoms with van der Waals surface area (Å²) in [6, 6.07) is 0.0415. The average molecular weight is 240 g/mol. The van der Waals surface area contributed by atoms with E-state index in [0.717, 1.165) is 45.4 Å². The van der Waals surface area contributed by atoms with E-state index in [1.807, 2.05) is 0 Å². The van der Waals surface area contributed by atoms with Gasteiger partial charge in [0.25, 0.3) is 0 Å². The number of ether oxygens (including phenoxy) is 1. The van der Waals surface area contributed by atoms with E-state index in [-0.39, 0.29) is 12.2 Å². The molecule has 1 amide bonds. The van der Waals surface area contributed by atoms with Crippen LogP contribution in [0.4, 0.5) is 0 Å². The van der Waals surface area contributed by atoms with Crippen LogP contribution in [0.25, 0.3) is 0 Å². The predicted molar refractivity (Wildman–Crippen MR) is 66.5 cm³/mol. The Balaban J connectivity index is 1.94. The minimum Gasteiger partial charge on any atom is -0.381 e. The largest absolute Gasteiger partial charge is 0.381 e. The second-order valence-corrected chi connectivity index (χ2v) is 5.10. The monoisotopic (exact) mass is 240 g/mol. The first-order valence-electron chi connectivity index (χ1n) is 6.90. The Labute approximate surface area is 104 Å². The number of carbonyl (C=O) groups is 1. The van der Waals surface area contributed by atoms with E-state index < -0.39 is 0 Å². The van der Waals surface area contributed by atoms with Crippen molar-refractivity contribution in [2.24, 2.45) is 5.92 Å². The summed E-state index contributed by atoms with van der Waals surface area (Å²) in [5.41, 5.74) is 0. The molecule has 0 aromatic heterocycles. The highest BCUT2D eigenvalue weighted by Crippen LogP contribution is 2.22. The summed E-state index contributed by atoms with van der Waals surface area (Å²) in [4.78, 5) is 14.3. The summed E-state index contributed by atoms with van der Waals surface area (Å²) in [7, 11) is 0. The molecule has 2 heterocycles. The normalized spacial score (nSPS) is 31.2. The third-order valence-electron chi connectivity index (χ3n) is 3.94. The average Bonchev–Trinajstić information content (AvgIpc) is 2.68. The lowest BCUT2D eigenvalue weighted by Crippen LogP contribution is -2.41. The number of hydrogen-bond donors (Lipinski definition) is 1. The van der Waals surface area contributed by atoms with E-state index >= 15 is 0 Å². The maximum Gasteiger partial charge on any atom is 0.241 e. The van der Waals surface area contributed by atoms with Gasteiger partial charge in [-0.15, -0.1) is 0 Å². The van der Waals surface area contributed by atoms with Gasteiger partial charge in [-0.2, -0.15) is 0 Å². The number of hydrogen-bond acceptors (Lipinski definition) is 3. The van der Waals surface area contributed by atoms with Crippen LogP contribution in [0, 0.1) is 5.92 Å². The minimum atomic E-state index is 0.0415. The highest BCUT2D eigenvalue weighted by molar-refractivity contribution is 5.84. The molecule has 1 N–H and O–H groups in total. The van der Waals surface area contributed by atoms with Crippen LogP contribution in [0.2, 0.25) is 0 Å². The Morgan fingerprint density at radius 1 is 1.29 bits per heavy atom. The molecule has 0 saturated carbocycles. The number of amides is 1. The zero-order valence-electron chi connectivity index (χ0n) is 10.9. The van der Waals surface area contributed by atoms with Crippen molar-refractivity contribution < 1.29 is 9.53 Å². The lowest BCUT2D eigenvalue weighted by Gasteiger charge is -2.30. The van der Waals surface area contributed by atoms with Gasteiger partial charge < -0.3 is 9.64 Å². The maximum absolute atomic E-state index is 12.2. The number of nitrogens with one attached hydrogen (secondary N) is 1. The summed E-state index contributed by atoms with van der Waals surface area (Å²) in [5.74, 6) is 0.921. The second-order valence-electron chi connectivity index (χ2n) is 5.10. The van der Waals surface area contributed by atoms with E-state index in [1.54, 1.807) is 0 Å².